The van der Waals surface area contributed by atoms with Crippen molar-refractivity contribution in [1.29, 1.82) is 0 Å². The molecule has 1 aromatic rings. The summed E-state index contributed by atoms with van der Waals surface area (Å²) in [5.41, 5.74) is -0.505. The van der Waals surface area contributed by atoms with Gasteiger partial charge in [0.25, 0.3) is 0 Å². The zero-order valence-corrected chi connectivity index (χ0v) is 13.4. The number of carbonyl (C=O) groups excluding carboxylic acids is 2. The predicted octanol–water partition coefficient (Wildman–Crippen LogP) is 2.53. The van der Waals surface area contributed by atoms with Gasteiger partial charge >= 0.3 is 0 Å². The fourth-order valence-electron chi connectivity index (χ4n) is 1.99. The highest BCUT2D eigenvalue weighted by Gasteiger charge is 2.38. The summed E-state index contributed by atoms with van der Waals surface area (Å²) in [6.45, 7) is 8.26. The SMILES string of the molecule is CCN(CC)C(=O)C(C)(C)C(=O)Nc1cccc(OC)c1. The fraction of sp³-hybridized carbons (Fsp3) is 0.500. The van der Waals surface area contributed by atoms with E-state index in [-0.39, 0.29) is 11.8 Å². The Hall–Kier alpha value is -2.04. The first kappa shape index (κ1) is 17.0. The van der Waals surface area contributed by atoms with Crippen LogP contribution in [0.25, 0.3) is 0 Å². The van der Waals surface area contributed by atoms with E-state index in [4.69, 9.17) is 4.74 Å². The van der Waals surface area contributed by atoms with E-state index < -0.39 is 5.41 Å². The predicted molar refractivity (Wildman–Crippen MR) is 83.3 cm³/mol. The molecule has 0 saturated carbocycles. The lowest BCUT2D eigenvalue weighted by Crippen LogP contribution is -2.47. The van der Waals surface area contributed by atoms with Crippen molar-refractivity contribution in [2.45, 2.75) is 27.7 Å². The van der Waals surface area contributed by atoms with Gasteiger partial charge in [-0.15, -0.1) is 0 Å². The van der Waals surface area contributed by atoms with Crippen molar-refractivity contribution in [2.24, 2.45) is 5.41 Å². The van der Waals surface area contributed by atoms with Crippen molar-refractivity contribution in [3.05, 3.63) is 24.3 Å². The van der Waals surface area contributed by atoms with Crippen LogP contribution in [0.5, 0.6) is 5.75 Å². The maximum Gasteiger partial charge on any atom is 0.239 e. The molecule has 0 saturated heterocycles. The second-order valence-corrected chi connectivity index (χ2v) is 5.29. The van der Waals surface area contributed by atoms with Crippen LogP contribution in [0, 0.1) is 5.41 Å². The normalized spacial score (nSPS) is 10.9. The van der Waals surface area contributed by atoms with E-state index in [1.54, 1.807) is 50.1 Å². The van der Waals surface area contributed by atoms with Crippen molar-refractivity contribution in [1.82, 2.24) is 4.90 Å². The molecule has 0 heterocycles. The molecule has 0 atom stereocenters. The summed E-state index contributed by atoms with van der Waals surface area (Å²) < 4.78 is 5.12. The van der Waals surface area contributed by atoms with Crippen LogP contribution in [0.2, 0.25) is 0 Å². The van der Waals surface area contributed by atoms with Crippen molar-refractivity contribution >= 4 is 17.5 Å². The van der Waals surface area contributed by atoms with Crippen LogP contribution in [0.4, 0.5) is 5.69 Å². The number of hydrogen-bond acceptors (Lipinski definition) is 3. The summed E-state index contributed by atoms with van der Waals surface area (Å²) in [7, 11) is 1.56. The van der Waals surface area contributed by atoms with Crippen LogP contribution in [-0.2, 0) is 9.59 Å². The van der Waals surface area contributed by atoms with Gasteiger partial charge in [-0.1, -0.05) is 6.07 Å². The Morgan fingerprint density at radius 3 is 2.38 bits per heavy atom. The summed E-state index contributed by atoms with van der Waals surface area (Å²) in [5, 5.41) is 2.77. The van der Waals surface area contributed by atoms with Gasteiger partial charge in [-0.05, 0) is 39.8 Å². The van der Waals surface area contributed by atoms with Gasteiger partial charge in [0, 0.05) is 24.8 Å². The number of anilines is 1. The van der Waals surface area contributed by atoms with Gasteiger partial charge in [-0.25, -0.2) is 0 Å². The molecular formula is C16H24N2O3. The Labute approximate surface area is 126 Å². The third kappa shape index (κ3) is 3.97. The van der Waals surface area contributed by atoms with E-state index in [1.165, 1.54) is 0 Å². The second-order valence-electron chi connectivity index (χ2n) is 5.29. The van der Waals surface area contributed by atoms with Crippen LogP contribution >= 0.6 is 0 Å². The molecule has 116 valence electrons. The van der Waals surface area contributed by atoms with Gasteiger partial charge in [-0.3, -0.25) is 9.59 Å². The number of nitrogens with one attached hydrogen (secondary N) is 1. The lowest BCUT2D eigenvalue weighted by molar-refractivity contribution is -0.146. The Kier molecular flexibility index (Phi) is 5.76. The Bertz CT molecular complexity index is 508. The number of benzene rings is 1. The first-order chi connectivity index (χ1) is 9.86. The average Bonchev–Trinajstić information content (AvgIpc) is 2.48. The number of amides is 2. The highest BCUT2D eigenvalue weighted by molar-refractivity contribution is 6.09. The molecule has 0 unspecified atom stereocenters. The van der Waals surface area contributed by atoms with Crippen LogP contribution < -0.4 is 10.1 Å². The van der Waals surface area contributed by atoms with Gasteiger partial charge in [0.2, 0.25) is 11.8 Å². The monoisotopic (exact) mass is 292 g/mol. The highest BCUT2D eigenvalue weighted by Crippen LogP contribution is 2.23. The van der Waals surface area contributed by atoms with Gasteiger partial charge in [-0.2, -0.15) is 0 Å². The Balaban J connectivity index is 2.88. The van der Waals surface area contributed by atoms with E-state index in [0.29, 0.717) is 24.5 Å². The molecule has 1 N–H and O–H groups in total. The molecular weight excluding hydrogens is 268 g/mol. The second kappa shape index (κ2) is 7.11. The minimum atomic E-state index is -1.12. The van der Waals surface area contributed by atoms with Crippen LogP contribution in [0.15, 0.2) is 24.3 Å². The standard InChI is InChI=1S/C16H24N2O3/c1-6-18(7-2)15(20)16(3,4)14(19)17-12-9-8-10-13(11-12)21-5/h8-11H,6-7H2,1-5H3,(H,17,19). The summed E-state index contributed by atoms with van der Waals surface area (Å²) in [5.74, 6) is 0.154. The van der Waals surface area contributed by atoms with E-state index in [1.807, 2.05) is 13.8 Å². The number of rotatable bonds is 6. The van der Waals surface area contributed by atoms with Crippen LogP contribution in [0.3, 0.4) is 0 Å². The molecule has 21 heavy (non-hydrogen) atoms. The van der Waals surface area contributed by atoms with Gasteiger partial charge in [0.1, 0.15) is 11.2 Å². The largest absolute Gasteiger partial charge is 0.497 e. The number of nitrogens with zero attached hydrogens (tertiary/aromatic N) is 1. The van der Waals surface area contributed by atoms with Crippen molar-refractivity contribution < 1.29 is 14.3 Å². The number of ether oxygens (including phenoxy) is 1. The van der Waals surface area contributed by atoms with Crippen molar-refractivity contribution in [3.8, 4) is 5.75 Å². The van der Waals surface area contributed by atoms with E-state index in [0.717, 1.165) is 0 Å². The lowest BCUT2D eigenvalue weighted by Gasteiger charge is -2.29. The molecule has 0 radical (unpaired) electrons. The molecule has 1 rings (SSSR count). The Morgan fingerprint density at radius 1 is 1.24 bits per heavy atom. The third-order valence-electron chi connectivity index (χ3n) is 3.48. The quantitative estimate of drug-likeness (QED) is 0.820. The van der Waals surface area contributed by atoms with Crippen molar-refractivity contribution in [2.75, 3.05) is 25.5 Å². The number of hydrogen-bond donors (Lipinski definition) is 1. The molecule has 0 aliphatic rings. The molecule has 0 aliphatic heterocycles. The summed E-state index contributed by atoms with van der Waals surface area (Å²) in [6, 6.07) is 7.06. The molecule has 1 aromatic carbocycles. The first-order valence-corrected chi connectivity index (χ1v) is 7.11. The van der Waals surface area contributed by atoms with Crippen LogP contribution in [-0.4, -0.2) is 36.9 Å². The molecule has 5 heteroatoms. The molecule has 5 nitrogen and oxygen atoms in total. The average molecular weight is 292 g/mol. The molecule has 0 aliphatic carbocycles. The highest BCUT2D eigenvalue weighted by atomic mass is 16.5. The van der Waals surface area contributed by atoms with E-state index in [2.05, 4.69) is 5.32 Å². The van der Waals surface area contributed by atoms with Gasteiger partial charge in [0.05, 0.1) is 7.11 Å². The van der Waals surface area contributed by atoms with Crippen molar-refractivity contribution in [3.63, 3.8) is 0 Å². The van der Waals surface area contributed by atoms with Gasteiger partial charge in [0.15, 0.2) is 0 Å². The molecule has 0 fully saturated rings. The lowest BCUT2D eigenvalue weighted by atomic mass is 9.90. The summed E-state index contributed by atoms with van der Waals surface area (Å²) in [4.78, 5) is 26.5. The van der Waals surface area contributed by atoms with E-state index >= 15 is 0 Å². The Morgan fingerprint density at radius 2 is 1.86 bits per heavy atom. The summed E-state index contributed by atoms with van der Waals surface area (Å²) in [6.07, 6.45) is 0. The minimum absolute atomic E-state index is 0.173. The molecule has 0 aromatic heterocycles. The maximum atomic E-state index is 12.4. The van der Waals surface area contributed by atoms with E-state index in [9.17, 15) is 9.59 Å². The minimum Gasteiger partial charge on any atom is -0.497 e. The first-order valence-electron chi connectivity index (χ1n) is 7.11. The number of methoxy groups -OCH3 is 1. The maximum absolute atomic E-state index is 12.4. The van der Waals surface area contributed by atoms with Crippen LogP contribution in [0.1, 0.15) is 27.7 Å². The molecule has 0 spiro atoms. The zero-order valence-electron chi connectivity index (χ0n) is 13.4. The molecule has 0 bridgehead atoms. The molecule has 2 amide bonds. The fourth-order valence-corrected chi connectivity index (χ4v) is 1.99. The smallest absolute Gasteiger partial charge is 0.239 e. The van der Waals surface area contributed by atoms with Gasteiger partial charge < -0.3 is 15.0 Å². The number of carbonyl (C=O) groups is 2. The zero-order chi connectivity index (χ0) is 16.0. The third-order valence-corrected chi connectivity index (χ3v) is 3.48. The summed E-state index contributed by atoms with van der Waals surface area (Å²) >= 11 is 0. The topological polar surface area (TPSA) is 58.6 Å².